The van der Waals surface area contributed by atoms with E-state index in [2.05, 4.69) is 10.3 Å². The van der Waals surface area contributed by atoms with Crippen molar-refractivity contribution in [2.75, 3.05) is 12.4 Å². The number of pyridine rings is 1. The second-order valence-corrected chi connectivity index (χ2v) is 3.45. The van der Waals surface area contributed by atoms with Gasteiger partial charge in [0.25, 0.3) is 0 Å². The molecule has 0 aliphatic carbocycles. The Kier molecular flexibility index (Phi) is 3.65. The monoisotopic (exact) mass is 294 g/mol. The average molecular weight is 294 g/mol. The standard InChI is InChI=1S/C9H6F8N2/c1-18-6-5(10)2-4(3-19-6)7(11,12)8(13,14)9(15,16)17/h2-3H,1H3,(H,18,19). The van der Waals surface area contributed by atoms with E-state index in [1.807, 2.05) is 0 Å². The minimum Gasteiger partial charge on any atom is -0.371 e. The van der Waals surface area contributed by atoms with Gasteiger partial charge in [0.2, 0.25) is 0 Å². The molecule has 1 N–H and O–H groups in total. The molecule has 0 spiro atoms. The summed E-state index contributed by atoms with van der Waals surface area (Å²) in [5.41, 5.74) is -1.87. The summed E-state index contributed by atoms with van der Waals surface area (Å²) in [7, 11) is 1.16. The van der Waals surface area contributed by atoms with Gasteiger partial charge in [-0.25, -0.2) is 9.37 Å². The van der Waals surface area contributed by atoms with E-state index in [0.29, 0.717) is 0 Å². The fraction of sp³-hybridized carbons (Fsp3) is 0.444. The van der Waals surface area contributed by atoms with Gasteiger partial charge < -0.3 is 5.32 Å². The van der Waals surface area contributed by atoms with Crippen molar-refractivity contribution in [2.24, 2.45) is 0 Å². The van der Waals surface area contributed by atoms with E-state index in [-0.39, 0.29) is 12.3 Å². The van der Waals surface area contributed by atoms with E-state index >= 15 is 0 Å². The van der Waals surface area contributed by atoms with Crippen molar-refractivity contribution in [1.29, 1.82) is 0 Å². The third-order valence-electron chi connectivity index (χ3n) is 2.19. The third-order valence-corrected chi connectivity index (χ3v) is 2.19. The SMILES string of the molecule is CNc1ncc(C(F)(F)C(F)(F)C(F)(F)F)cc1F. The fourth-order valence-electron chi connectivity index (χ4n) is 1.15. The summed E-state index contributed by atoms with van der Waals surface area (Å²) in [4.78, 5) is 2.99. The van der Waals surface area contributed by atoms with Crippen molar-refractivity contribution >= 4 is 5.82 Å². The first-order chi connectivity index (χ1) is 8.45. The first kappa shape index (κ1) is 15.4. The van der Waals surface area contributed by atoms with Crippen molar-refractivity contribution in [1.82, 2.24) is 4.98 Å². The van der Waals surface area contributed by atoms with Crippen LogP contribution in [0.1, 0.15) is 5.56 Å². The predicted molar refractivity (Wildman–Crippen MR) is 48.6 cm³/mol. The molecule has 19 heavy (non-hydrogen) atoms. The zero-order valence-electron chi connectivity index (χ0n) is 9.13. The van der Waals surface area contributed by atoms with Gasteiger partial charge in [0.05, 0.1) is 0 Å². The zero-order valence-corrected chi connectivity index (χ0v) is 9.13. The molecular formula is C9H6F8N2. The lowest BCUT2D eigenvalue weighted by atomic mass is 10.0. The van der Waals surface area contributed by atoms with Crippen LogP contribution < -0.4 is 5.32 Å². The summed E-state index contributed by atoms with van der Waals surface area (Å²) in [6.07, 6.45) is -6.43. The van der Waals surface area contributed by atoms with Crippen LogP contribution in [-0.2, 0) is 5.92 Å². The molecule has 0 aromatic carbocycles. The van der Waals surface area contributed by atoms with E-state index in [0.717, 1.165) is 7.05 Å². The zero-order chi connectivity index (χ0) is 15.1. The molecular weight excluding hydrogens is 288 g/mol. The molecule has 108 valence electrons. The van der Waals surface area contributed by atoms with Crippen LogP contribution in [0.25, 0.3) is 0 Å². The van der Waals surface area contributed by atoms with Crippen molar-refractivity contribution in [3.63, 3.8) is 0 Å². The highest BCUT2D eigenvalue weighted by Crippen LogP contribution is 2.51. The molecule has 0 saturated heterocycles. The van der Waals surface area contributed by atoms with Crippen LogP contribution in [0.5, 0.6) is 0 Å². The molecule has 0 unspecified atom stereocenters. The Morgan fingerprint density at radius 1 is 1.05 bits per heavy atom. The molecule has 0 aliphatic heterocycles. The average Bonchev–Trinajstić information content (AvgIpc) is 2.27. The van der Waals surface area contributed by atoms with Crippen molar-refractivity contribution in [3.05, 3.63) is 23.6 Å². The number of hydrogen-bond donors (Lipinski definition) is 1. The summed E-state index contributed by atoms with van der Waals surface area (Å²) in [6.45, 7) is 0. The van der Waals surface area contributed by atoms with E-state index in [1.54, 1.807) is 0 Å². The number of anilines is 1. The Labute approximate surface area is 101 Å². The number of hydrogen-bond acceptors (Lipinski definition) is 2. The highest BCUT2D eigenvalue weighted by molar-refractivity contribution is 5.38. The molecule has 0 aliphatic rings. The minimum atomic E-state index is -6.48. The molecule has 1 rings (SSSR count). The van der Waals surface area contributed by atoms with Crippen molar-refractivity contribution in [2.45, 2.75) is 18.0 Å². The number of nitrogens with one attached hydrogen (secondary N) is 1. The smallest absolute Gasteiger partial charge is 0.371 e. The quantitative estimate of drug-likeness (QED) is 0.862. The van der Waals surface area contributed by atoms with Gasteiger partial charge in [-0.15, -0.1) is 0 Å². The van der Waals surface area contributed by atoms with Gasteiger partial charge in [-0.2, -0.15) is 30.7 Å². The normalized spacial score (nSPS) is 13.5. The van der Waals surface area contributed by atoms with Gasteiger partial charge in [0.15, 0.2) is 11.6 Å². The van der Waals surface area contributed by atoms with Crippen LogP contribution in [0.3, 0.4) is 0 Å². The number of rotatable bonds is 3. The molecule has 0 radical (unpaired) electrons. The lowest BCUT2D eigenvalue weighted by molar-refractivity contribution is -0.359. The Hall–Kier alpha value is -1.61. The summed E-state index contributed by atoms with van der Waals surface area (Å²) < 4.78 is 100. The molecule has 0 saturated carbocycles. The van der Waals surface area contributed by atoms with E-state index < -0.39 is 35.2 Å². The summed E-state index contributed by atoms with van der Waals surface area (Å²) >= 11 is 0. The lowest BCUT2D eigenvalue weighted by Gasteiger charge is -2.28. The molecule has 1 heterocycles. The minimum absolute atomic E-state index is 0.0502. The van der Waals surface area contributed by atoms with Crippen LogP contribution in [-0.4, -0.2) is 24.1 Å². The number of aromatic nitrogens is 1. The molecule has 10 heteroatoms. The number of nitrogens with zero attached hydrogens (tertiary/aromatic N) is 1. The molecule has 2 nitrogen and oxygen atoms in total. The Morgan fingerprint density at radius 3 is 1.95 bits per heavy atom. The van der Waals surface area contributed by atoms with Gasteiger partial charge in [-0.3, -0.25) is 0 Å². The van der Waals surface area contributed by atoms with Crippen LogP contribution in [0.15, 0.2) is 12.3 Å². The summed E-state index contributed by atoms with van der Waals surface area (Å²) in [6, 6.07) is -0.127. The van der Waals surface area contributed by atoms with Gasteiger partial charge in [0.1, 0.15) is 0 Å². The van der Waals surface area contributed by atoms with E-state index in [9.17, 15) is 35.1 Å². The predicted octanol–water partition coefficient (Wildman–Crippen LogP) is 3.55. The molecule has 0 amide bonds. The highest BCUT2D eigenvalue weighted by Gasteiger charge is 2.73. The summed E-state index contributed by atoms with van der Waals surface area (Å²) in [5, 5.41) is 2.10. The molecule has 1 aromatic rings. The third kappa shape index (κ3) is 2.43. The molecule has 0 fully saturated rings. The van der Waals surface area contributed by atoms with Crippen LogP contribution in [0.2, 0.25) is 0 Å². The largest absolute Gasteiger partial charge is 0.460 e. The van der Waals surface area contributed by atoms with Crippen LogP contribution in [0, 0.1) is 5.82 Å². The van der Waals surface area contributed by atoms with Crippen LogP contribution >= 0.6 is 0 Å². The van der Waals surface area contributed by atoms with Gasteiger partial charge in [-0.1, -0.05) is 0 Å². The summed E-state index contributed by atoms with van der Waals surface area (Å²) in [5.74, 6) is -14.0. The van der Waals surface area contributed by atoms with Gasteiger partial charge in [-0.05, 0) is 6.07 Å². The second kappa shape index (κ2) is 4.49. The van der Waals surface area contributed by atoms with Gasteiger partial charge >= 0.3 is 18.0 Å². The maximum absolute atomic E-state index is 13.1. The molecule has 0 atom stereocenters. The maximum Gasteiger partial charge on any atom is 0.460 e. The topological polar surface area (TPSA) is 24.9 Å². The maximum atomic E-state index is 13.1. The Morgan fingerprint density at radius 2 is 1.58 bits per heavy atom. The first-order valence-corrected chi connectivity index (χ1v) is 4.61. The van der Waals surface area contributed by atoms with Crippen LogP contribution in [0.4, 0.5) is 40.9 Å². The van der Waals surface area contributed by atoms with Crippen molar-refractivity contribution < 1.29 is 35.1 Å². The Balaban J connectivity index is 3.31. The lowest BCUT2D eigenvalue weighted by Crippen LogP contribution is -2.50. The number of halogens is 8. The highest BCUT2D eigenvalue weighted by atomic mass is 19.4. The second-order valence-electron chi connectivity index (χ2n) is 3.45. The Bertz CT molecular complexity index is 468. The first-order valence-electron chi connectivity index (χ1n) is 4.61. The van der Waals surface area contributed by atoms with E-state index in [4.69, 9.17) is 0 Å². The molecule has 0 bridgehead atoms. The van der Waals surface area contributed by atoms with Crippen molar-refractivity contribution in [3.8, 4) is 0 Å². The van der Waals surface area contributed by atoms with Gasteiger partial charge in [0, 0.05) is 18.8 Å². The van der Waals surface area contributed by atoms with E-state index in [1.165, 1.54) is 0 Å². The molecule has 1 aromatic heterocycles. The fourth-order valence-corrected chi connectivity index (χ4v) is 1.15. The number of alkyl halides is 7.